The molecule has 2 rings (SSSR count). The molecule has 1 saturated carbocycles. The minimum Gasteiger partial charge on any atom is -0.394 e. The number of hydrogen-bond acceptors (Lipinski definition) is 3. The topological polar surface area (TPSA) is 57.6 Å². The lowest BCUT2D eigenvalue weighted by Crippen LogP contribution is -2.59. The van der Waals surface area contributed by atoms with E-state index in [4.69, 9.17) is 0 Å². The van der Waals surface area contributed by atoms with E-state index in [1.807, 2.05) is 13.8 Å². The van der Waals surface area contributed by atoms with Gasteiger partial charge in [0.15, 0.2) is 0 Å². The number of rotatable bonds is 2. The Kier molecular flexibility index (Phi) is 3.02. The number of carbonyl (C=O) groups excluding carboxylic acids is 2. The summed E-state index contributed by atoms with van der Waals surface area (Å²) in [6, 6.07) is 0. The minimum absolute atomic E-state index is 0.0924. The fraction of sp³-hybridized carbons (Fsp3) is 0.846. The highest BCUT2D eigenvalue weighted by Gasteiger charge is 2.49. The number of carbonyl (C=O) groups is 2. The largest absolute Gasteiger partial charge is 0.394 e. The van der Waals surface area contributed by atoms with Crippen molar-refractivity contribution in [2.45, 2.75) is 57.9 Å². The fourth-order valence-corrected chi connectivity index (χ4v) is 3.19. The monoisotopic (exact) mass is 239 g/mol. The molecule has 1 saturated heterocycles. The van der Waals surface area contributed by atoms with Crippen LogP contribution in [-0.2, 0) is 9.59 Å². The smallest absolute Gasteiger partial charge is 0.230 e. The van der Waals surface area contributed by atoms with Gasteiger partial charge in [-0.15, -0.1) is 0 Å². The molecular weight excluding hydrogens is 218 g/mol. The summed E-state index contributed by atoms with van der Waals surface area (Å²) in [6.07, 6.45) is 4.28. The lowest BCUT2D eigenvalue weighted by molar-refractivity contribution is -0.162. The summed E-state index contributed by atoms with van der Waals surface area (Å²) in [5.41, 5.74) is -0.829. The number of nitrogens with zero attached hydrogens (tertiary/aromatic N) is 1. The Morgan fingerprint density at radius 1 is 1.12 bits per heavy atom. The molecule has 0 atom stereocenters. The molecule has 0 aromatic heterocycles. The normalized spacial score (nSPS) is 27.6. The third-order valence-electron chi connectivity index (χ3n) is 4.06. The van der Waals surface area contributed by atoms with Gasteiger partial charge in [-0.3, -0.25) is 14.5 Å². The van der Waals surface area contributed by atoms with Crippen LogP contribution in [0.15, 0.2) is 0 Å². The van der Waals surface area contributed by atoms with Crippen LogP contribution in [-0.4, -0.2) is 34.0 Å². The van der Waals surface area contributed by atoms with E-state index in [2.05, 4.69) is 0 Å². The van der Waals surface area contributed by atoms with E-state index < -0.39 is 5.54 Å². The zero-order valence-corrected chi connectivity index (χ0v) is 10.7. The Hall–Kier alpha value is -0.900. The number of amides is 2. The number of imide groups is 1. The molecule has 2 fully saturated rings. The van der Waals surface area contributed by atoms with E-state index in [0.717, 1.165) is 25.7 Å². The fourth-order valence-electron chi connectivity index (χ4n) is 3.19. The third-order valence-corrected chi connectivity index (χ3v) is 4.06. The lowest BCUT2D eigenvalue weighted by Gasteiger charge is -2.44. The van der Waals surface area contributed by atoms with Crippen LogP contribution in [0.5, 0.6) is 0 Å². The van der Waals surface area contributed by atoms with Gasteiger partial charge in [0.2, 0.25) is 11.8 Å². The molecule has 4 nitrogen and oxygen atoms in total. The molecule has 1 heterocycles. The number of piperidine rings is 1. The van der Waals surface area contributed by atoms with E-state index in [9.17, 15) is 14.7 Å². The minimum atomic E-state index is -0.593. The van der Waals surface area contributed by atoms with Crippen molar-refractivity contribution >= 4 is 11.8 Å². The van der Waals surface area contributed by atoms with Crippen LogP contribution in [0.1, 0.15) is 52.4 Å². The van der Waals surface area contributed by atoms with Crippen LogP contribution >= 0.6 is 0 Å². The van der Waals surface area contributed by atoms with Crippen LogP contribution in [0.2, 0.25) is 0 Å². The predicted octanol–water partition coefficient (Wildman–Crippen LogP) is 1.47. The highest BCUT2D eigenvalue weighted by Crippen LogP contribution is 2.41. The number of aliphatic hydroxyl groups excluding tert-OH is 1. The van der Waals surface area contributed by atoms with Gasteiger partial charge in [-0.2, -0.15) is 0 Å². The number of aliphatic hydroxyl groups is 1. The van der Waals surface area contributed by atoms with Crippen LogP contribution in [0.4, 0.5) is 0 Å². The van der Waals surface area contributed by atoms with Crippen molar-refractivity contribution in [1.29, 1.82) is 0 Å². The van der Waals surface area contributed by atoms with Crippen LogP contribution in [0.3, 0.4) is 0 Å². The Morgan fingerprint density at radius 3 is 2.00 bits per heavy atom. The zero-order chi connectivity index (χ0) is 12.7. The quantitative estimate of drug-likeness (QED) is 0.742. The summed E-state index contributed by atoms with van der Waals surface area (Å²) in [5, 5.41) is 9.59. The van der Waals surface area contributed by atoms with Crippen LogP contribution in [0, 0.1) is 5.41 Å². The van der Waals surface area contributed by atoms with Gasteiger partial charge in [0.25, 0.3) is 0 Å². The van der Waals surface area contributed by atoms with Crippen LogP contribution < -0.4 is 0 Å². The molecule has 0 aromatic rings. The first-order chi connectivity index (χ1) is 7.90. The second-order valence-corrected chi connectivity index (χ2v) is 6.23. The van der Waals surface area contributed by atoms with E-state index in [1.54, 1.807) is 0 Å². The molecule has 1 aliphatic carbocycles. The van der Waals surface area contributed by atoms with Crippen molar-refractivity contribution in [3.05, 3.63) is 0 Å². The molecule has 4 heteroatoms. The van der Waals surface area contributed by atoms with Gasteiger partial charge in [-0.1, -0.05) is 26.7 Å². The zero-order valence-electron chi connectivity index (χ0n) is 10.7. The molecule has 96 valence electrons. The standard InChI is InChI=1S/C13H21NO3/c1-12(2)7-10(16)14(11(17)8-12)13(9-15)5-3-4-6-13/h15H,3-9H2,1-2H3. The highest BCUT2D eigenvalue weighted by atomic mass is 16.3. The summed E-state index contributed by atoms with van der Waals surface area (Å²) < 4.78 is 0. The summed E-state index contributed by atoms with van der Waals surface area (Å²) in [6.45, 7) is 3.80. The third kappa shape index (κ3) is 2.10. The number of likely N-dealkylation sites (tertiary alicyclic amines) is 1. The maximum absolute atomic E-state index is 12.2. The average molecular weight is 239 g/mol. The van der Waals surface area contributed by atoms with Gasteiger partial charge in [0.05, 0.1) is 12.1 Å². The Morgan fingerprint density at radius 2 is 1.59 bits per heavy atom. The molecule has 0 aromatic carbocycles. The van der Waals surface area contributed by atoms with Gasteiger partial charge in [0, 0.05) is 12.8 Å². The molecule has 2 aliphatic rings. The molecule has 0 spiro atoms. The van der Waals surface area contributed by atoms with Gasteiger partial charge in [-0.25, -0.2) is 0 Å². The van der Waals surface area contributed by atoms with Gasteiger partial charge < -0.3 is 5.11 Å². The number of hydrogen-bond donors (Lipinski definition) is 1. The molecule has 2 amide bonds. The van der Waals surface area contributed by atoms with Gasteiger partial charge >= 0.3 is 0 Å². The first-order valence-corrected chi connectivity index (χ1v) is 6.37. The lowest BCUT2D eigenvalue weighted by atomic mass is 9.79. The second kappa shape index (κ2) is 4.09. The maximum atomic E-state index is 12.2. The highest BCUT2D eigenvalue weighted by molar-refractivity contribution is 5.99. The molecule has 0 radical (unpaired) electrons. The van der Waals surface area contributed by atoms with Crippen molar-refractivity contribution in [2.75, 3.05) is 6.61 Å². The van der Waals surface area contributed by atoms with E-state index in [-0.39, 0.29) is 23.8 Å². The molecule has 0 unspecified atom stereocenters. The van der Waals surface area contributed by atoms with Crippen LogP contribution in [0.25, 0.3) is 0 Å². The van der Waals surface area contributed by atoms with Crippen molar-refractivity contribution in [2.24, 2.45) is 5.41 Å². The van der Waals surface area contributed by atoms with E-state index in [0.29, 0.717) is 12.8 Å². The molecule has 1 aliphatic heterocycles. The molecule has 0 bridgehead atoms. The first kappa shape index (κ1) is 12.6. The molecular formula is C13H21NO3. The van der Waals surface area contributed by atoms with Crippen molar-refractivity contribution in [3.8, 4) is 0 Å². The average Bonchev–Trinajstić information content (AvgIpc) is 2.64. The van der Waals surface area contributed by atoms with Crippen molar-refractivity contribution < 1.29 is 14.7 Å². The van der Waals surface area contributed by atoms with Gasteiger partial charge in [-0.05, 0) is 18.3 Å². The summed E-state index contributed by atoms with van der Waals surface area (Å²) in [7, 11) is 0. The Labute approximate surface area is 102 Å². The van der Waals surface area contributed by atoms with Crippen molar-refractivity contribution in [3.63, 3.8) is 0 Å². The summed E-state index contributed by atoms with van der Waals surface area (Å²) in [5.74, 6) is -0.218. The maximum Gasteiger partial charge on any atom is 0.230 e. The van der Waals surface area contributed by atoms with Gasteiger partial charge in [0.1, 0.15) is 0 Å². The molecule has 17 heavy (non-hydrogen) atoms. The first-order valence-electron chi connectivity index (χ1n) is 6.37. The van der Waals surface area contributed by atoms with E-state index >= 15 is 0 Å². The summed E-state index contributed by atoms with van der Waals surface area (Å²) >= 11 is 0. The van der Waals surface area contributed by atoms with Crippen molar-refractivity contribution in [1.82, 2.24) is 4.90 Å². The SMILES string of the molecule is CC1(C)CC(=O)N(C2(CO)CCCC2)C(=O)C1. The second-order valence-electron chi connectivity index (χ2n) is 6.23. The van der Waals surface area contributed by atoms with E-state index in [1.165, 1.54) is 4.90 Å². The predicted molar refractivity (Wildman–Crippen MR) is 63.2 cm³/mol. The Bertz CT molecular complexity index is 323. The molecule has 1 N–H and O–H groups in total. The Balaban J connectivity index is 2.26. The summed E-state index contributed by atoms with van der Waals surface area (Å²) in [4.78, 5) is 25.7.